The number of rotatable bonds is 4. The third kappa shape index (κ3) is 2.71. The van der Waals surface area contributed by atoms with Crippen LogP contribution in [-0.2, 0) is 9.59 Å². The van der Waals surface area contributed by atoms with Crippen LogP contribution in [0.3, 0.4) is 0 Å². The number of carbonyl (C=O) groups excluding carboxylic acids is 3. The zero-order chi connectivity index (χ0) is 12.3. The summed E-state index contributed by atoms with van der Waals surface area (Å²) < 4.78 is 0. The van der Waals surface area contributed by atoms with Crippen molar-refractivity contribution in [3.05, 3.63) is 0 Å². The molecule has 6 heteroatoms. The number of nitrogens with zero attached hydrogens (tertiary/aromatic N) is 1. The Bertz CT molecular complexity index is 314. The molecule has 1 saturated heterocycles. The lowest BCUT2D eigenvalue weighted by Crippen LogP contribution is -2.40. The van der Waals surface area contributed by atoms with Crippen molar-refractivity contribution in [2.75, 3.05) is 13.6 Å². The van der Waals surface area contributed by atoms with Gasteiger partial charge < -0.3 is 10.6 Å². The van der Waals surface area contributed by atoms with E-state index in [0.29, 0.717) is 12.3 Å². The fourth-order valence-electron chi connectivity index (χ4n) is 1.58. The third-order valence-electron chi connectivity index (χ3n) is 2.39. The Morgan fingerprint density at radius 1 is 1.50 bits per heavy atom. The molecule has 0 aromatic carbocycles. The van der Waals surface area contributed by atoms with E-state index < -0.39 is 12.1 Å². The molecule has 1 atom stereocenters. The Morgan fingerprint density at radius 2 is 2.12 bits per heavy atom. The minimum absolute atomic E-state index is 0.213. The van der Waals surface area contributed by atoms with Crippen LogP contribution < -0.4 is 10.6 Å². The van der Waals surface area contributed by atoms with Crippen molar-refractivity contribution in [1.82, 2.24) is 15.5 Å². The zero-order valence-corrected chi connectivity index (χ0v) is 9.74. The minimum Gasteiger partial charge on any atom is -0.358 e. The molecule has 0 aliphatic carbocycles. The van der Waals surface area contributed by atoms with E-state index in [2.05, 4.69) is 10.6 Å². The van der Waals surface area contributed by atoms with Crippen molar-refractivity contribution in [2.45, 2.75) is 26.3 Å². The molecule has 1 fully saturated rings. The first kappa shape index (κ1) is 12.5. The molecule has 90 valence electrons. The molecular formula is C10H17N3O3. The van der Waals surface area contributed by atoms with Gasteiger partial charge in [0, 0.05) is 7.05 Å². The van der Waals surface area contributed by atoms with Gasteiger partial charge in [-0.1, -0.05) is 13.8 Å². The zero-order valence-electron chi connectivity index (χ0n) is 9.74. The van der Waals surface area contributed by atoms with E-state index in [1.807, 2.05) is 13.8 Å². The highest BCUT2D eigenvalue weighted by Crippen LogP contribution is 2.13. The van der Waals surface area contributed by atoms with E-state index in [1.54, 1.807) is 0 Å². The Labute approximate surface area is 94.4 Å². The van der Waals surface area contributed by atoms with Gasteiger partial charge in [0.05, 0.1) is 0 Å². The molecule has 4 amide bonds. The third-order valence-corrected chi connectivity index (χ3v) is 2.39. The van der Waals surface area contributed by atoms with E-state index >= 15 is 0 Å². The minimum atomic E-state index is -0.489. The van der Waals surface area contributed by atoms with Crippen LogP contribution in [0.5, 0.6) is 0 Å². The van der Waals surface area contributed by atoms with Crippen LogP contribution in [0.4, 0.5) is 4.79 Å². The Hall–Kier alpha value is -1.59. The van der Waals surface area contributed by atoms with Crippen molar-refractivity contribution < 1.29 is 14.4 Å². The normalized spacial score (nSPS) is 20.2. The maximum atomic E-state index is 11.8. The molecule has 0 bridgehead atoms. The van der Waals surface area contributed by atoms with Gasteiger partial charge in [-0.15, -0.1) is 0 Å². The van der Waals surface area contributed by atoms with Crippen LogP contribution in [0.25, 0.3) is 0 Å². The van der Waals surface area contributed by atoms with Crippen LogP contribution in [0, 0.1) is 5.92 Å². The van der Waals surface area contributed by atoms with Gasteiger partial charge >= 0.3 is 6.03 Å². The second-order valence-corrected chi connectivity index (χ2v) is 4.23. The van der Waals surface area contributed by atoms with Gasteiger partial charge in [0.15, 0.2) is 0 Å². The fraction of sp³-hybridized carbons (Fsp3) is 0.700. The van der Waals surface area contributed by atoms with Gasteiger partial charge in [-0.05, 0) is 12.3 Å². The summed E-state index contributed by atoms with van der Waals surface area (Å²) in [5.41, 5.74) is 0. The first-order chi connectivity index (χ1) is 7.45. The molecule has 1 aliphatic rings. The largest absolute Gasteiger partial charge is 0.358 e. The molecule has 1 heterocycles. The van der Waals surface area contributed by atoms with Crippen LogP contribution in [0.2, 0.25) is 0 Å². The molecule has 1 rings (SSSR count). The number of hydrogen-bond donors (Lipinski definition) is 2. The number of urea groups is 1. The molecule has 0 aromatic heterocycles. The summed E-state index contributed by atoms with van der Waals surface area (Å²) in [5, 5.41) is 4.95. The molecule has 0 unspecified atom stereocenters. The number of nitrogens with one attached hydrogen (secondary N) is 2. The highest BCUT2D eigenvalue weighted by Gasteiger charge is 2.38. The van der Waals surface area contributed by atoms with Crippen molar-refractivity contribution in [3.63, 3.8) is 0 Å². The topological polar surface area (TPSA) is 78.5 Å². The van der Waals surface area contributed by atoms with Gasteiger partial charge in [-0.25, -0.2) is 4.79 Å². The van der Waals surface area contributed by atoms with Crippen LogP contribution >= 0.6 is 0 Å². The van der Waals surface area contributed by atoms with Crippen molar-refractivity contribution >= 4 is 17.8 Å². The first-order valence-electron chi connectivity index (χ1n) is 5.28. The quantitative estimate of drug-likeness (QED) is 0.647. The van der Waals surface area contributed by atoms with Crippen LogP contribution in [0.1, 0.15) is 20.3 Å². The highest BCUT2D eigenvalue weighted by molar-refractivity contribution is 6.06. The monoisotopic (exact) mass is 227 g/mol. The van der Waals surface area contributed by atoms with Gasteiger partial charge in [0.25, 0.3) is 5.91 Å². The average molecular weight is 227 g/mol. The van der Waals surface area contributed by atoms with Gasteiger partial charge in [-0.2, -0.15) is 0 Å². The number of amides is 4. The molecule has 2 N–H and O–H groups in total. The second kappa shape index (κ2) is 4.96. The average Bonchev–Trinajstić information content (AvgIpc) is 2.45. The van der Waals surface area contributed by atoms with E-state index in [0.717, 1.165) is 4.90 Å². The van der Waals surface area contributed by atoms with E-state index in [-0.39, 0.29) is 18.4 Å². The van der Waals surface area contributed by atoms with Gasteiger partial charge in [0.2, 0.25) is 5.91 Å². The molecule has 16 heavy (non-hydrogen) atoms. The van der Waals surface area contributed by atoms with E-state index in [9.17, 15) is 14.4 Å². The predicted molar refractivity (Wildman–Crippen MR) is 57.6 cm³/mol. The summed E-state index contributed by atoms with van der Waals surface area (Å²) >= 11 is 0. The number of hydrogen-bond acceptors (Lipinski definition) is 3. The lowest BCUT2D eigenvalue weighted by Gasteiger charge is -2.12. The van der Waals surface area contributed by atoms with Crippen molar-refractivity contribution in [1.29, 1.82) is 0 Å². The Kier molecular flexibility index (Phi) is 3.87. The summed E-state index contributed by atoms with van der Waals surface area (Å²) in [5.74, 6) is -0.356. The molecule has 0 saturated carbocycles. The smallest absolute Gasteiger partial charge is 0.325 e. The van der Waals surface area contributed by atoms with Crippen LogP contribution in [-0.4, -0.2) is 42.4 Å². The summed E-state index contributed by atoms with van der Waals surface area (Å²) in [6.07, 6.45) is 0.592. The summed E-state index contributed by atoms with van der Waals surface area (Å²) in [6, 6.07) is -0.976. The standard InChI is InChI=1S/C10H17N3O3/c1-6(2)4-7-9(15)13(10(16)12-7)5-8(14)11-3/h6-7H,4-5H2,1-3H3,(H,11,14)(H,12,16)/t7-/m1/s1. The van der Waals surface area contributed by atoms with Crippen molar-refractivity contribution in [2.24, 2.45) is 5.92 Å². The van der Waals surface area contributed by atoms with Gasteiger partial charge in [0.1, 0.15) is 12.6 Å². The summed E-state index contributed by atoms with van der Waals surface area (Å²) in [7, 11) is 1.46. The molecule has 0 radical (unpaired) electrons. The second-order valence-electron chi connectivity index (χ2n) is 4.23. The van der Waals surface area contributed by atoms with Gasteiger partial charge in [-0.3, -0.25) is 14.5 Å². The Morgan fingerprint density at radius 3 is 2.62 bits per heavy atom. The molecule has 6 nitrogen and oxygen atoms in total. The molecule has 1 aliphatic heterocycles. The Balaban J connectivity index is 2.64. The molecular weight excluding hydrogens is 210 g/mol. The predicted octanol–water partition coefficient (Wildman–Crippen LogP) is -0.301. The maximum absolute atomic E-state index is 11.8. The maximum Gasteiger partial charge on any atom is 0.325 e. The SMILES string of the molecule is CNC(=O)CN1C(=O)N[C@H](CC(C)C)C1=O. The summed E-state index contributed by atoms with van der Waals surface area (Å²) in [6.45, 7) is 3.73. The number of carbonyl (C=O) groups is 3. The number of likely N-dealkylation sites (N-methyl/N-ethyl adjacent to an activating group) is 1. The molecule has 0 aromatic rings. The highest BCUT2D eigenvalue weighted by atomic mass is 16.2. The van der Waals surface area contributed by atoms with E-state index in [4.69, 9.17) is 0 Å². The van der Waals surface area contributed by atoms with Crippen molar-refractivity contribution in [3.8, 4) is 0 Å². The fourth-order valence-corrected chi connectivity index (χ4v) is 1.58. The van der Waals surface area contributed by atoms with Crippen LogP contribution in [0.15, 0.2) is 0 Å². The van der Waals surface area contributed by atoms with E-state index in [1.165, 1.54) is 7.05 Å². The molecule has 0 spiro atoms. The first-order valence-corrected chi connectivity index (χ1v) is 5.28. The number of imide groups is 1. The lowest BCUT2D eigenvalue weighted by atomic mass is 10.0. The summed E-state index contributed by atoms with van der Waals surface area (Å²) in [4.78, 5) is 35.3. The lowest BCUT2D eigenvalue weighted by molar-refractivity contribution is -0.132.